The number of ether oxygens (including phenoxy) is 1. The second kappa shape index (κ2) is 8.43. The van der Waals surface area contributed by atoms with Crippen LogP contribution in [0.3, 0.4) is 0 Å². The standard InChI is InChI=1S/C22H28N6O/c23-20-26-21(24)28(22(27-20)13-7-2-8-14-22)19-12-6-5-11-18(19)25-15-16-29-17-9-3-1-4-10-17/h1,3-6,9-12,25H,2,7-8,13-16H2,(H4,23,24,26,27). The van der Waals surface area contributed by atoms with Crippen LogP contribution in [0.15, 0.2) is 64.6 Å². The lowest BCUT2D eigenvalue weighted by atomic mass is 9.87. The Kier molecular flexibility index (Phi) is 5.55. The molecule has 7 heteroatoms. The van der Waals surface area contributed by atoms with Gasteiger partial charge in [0.1, 0.15) is 18.0 Å². The number of hydrogen-bond donors (Lipinski definition) is 3. The van der Waals surface area contributed by atoms with Gasteiger partial charge in [0.25, 0.3) is 0 Å². The van der Waals surface area contributed by atoms with Crippen LogP contribution in [0.4, 0.5) is 11.4 Å². The molecule has 1 heterocycles. The highest BCUT2D eigenvalue weighted by Crippen LogP contribution is 2.41. The quantitative estimate of drug-likeness (QED) is 0.655. The normalized spacial score (nSPS) is 18.1. The average molecular weight is 393 g/mol. The fourth-order valence-corrected chi connectivity index (χ4v) is 4.16. The van der Waals surface area contributed by atoms with Crippen molar-refractivity contribution in [1.82, 2.24) is 0 Å². The summed E-state index contributed by atoms with van der Waals surface area (Å²) in [5.41, 5.74) is 13.8. The first-order valence-corrected chi connectivity index (χ1v) is 10.2. The van der Waals surface area contributed by atoms with Crippen molar-refractivity contribution in [3.05, 3.63) is 54.6 Å². The Hall–Kier alpha value is -3.22. The lowest BCUT2D eigenvalue weighted by molar-refractivity contribution is 0.305. The van der Waals surface area contributed by atoms with E-state index in [1.165, 1.54) is 6.42 Å². The summed E-state index contributed by atoms with van der Waals surface area (Å²) in [5, 5.41) is 3.48. The zero-order chi connectivity index (χ0) is 20.1. The summed E-state index contributed by atoms with van der Waals surface area (Å²) in [7, 11) is 0. The van der Waals surface area contributed by atoms with Crippen molar-refractivity contribution in [3.63, 3.8) is 0 Å². The number of guanidine groups is 2. The van der Waals surface area contributed by atoms with Gasteiger partial charge in [-0.2, -0.15) is 4.99 Å². The summed E-state index contributed by atoms with van der Waals surface area (Å²) < 4.78 is 5.80. The Morgan fingerprint density at radius 3 is 2.48 bits per heavy atom. The Morgan fingerprint density at radius 2 is 1.69 bits per heavy atom. The molecule has 1 saturated carbocycles. The molecule has 152 valence electrons. The zero-order valence-electron chi connectivity index (χ0n) is 16.6. The zero-order valence-corrected chi connectivity index (χ0v) is 16.6. The molecular weight excluding hydrogens is 364 g/mol. The number of hydrogen-bond acceptors (Lipinski definition) is 7. The molecule has 1 fully saturated rings. The van der Waals surface area contributed by atoms with E-state index in [0.29, 0.717) is 19.1 Å². The summed E-state index contributed by atoms with van der Waals surface area (Å²) in [6, 6.07) is 17.9. The summed E-state index contributed by atoms with van der Waals surface area (Å²) in [4.78, 5) is 11.1. The first kappa shape index (κ1) is 19.1. The fraction of sp³-hybridized carbons (Fsp3) is 0.364. The third-order valence-corrected chi connectivity index (χ3v) is 5.43. The molecule has 0 atom stereocenters. The van der Waals surface area contributed by atoms with Gasteiger partial charge < -0.3 is 21.5 Å². The Bertz CT molecular complexity index is 889. The maximum absolute atomic E-state index is 6.37. The van der Waals surface area contributed by atoms with Gasteiger partial charge in [-0.25, -0.2) is 4.99 Å². The topological polar surface area (TPSA) is 101 Å². The van der Waals surface area contributed by atoms with Gasteiger partial charge in [0, 0.05) is 6.54 Å². The number of para-hydroxylation sites is 3. The minimum absolute atomic E-state index is 0.266. The van der Waals surface area contributed by atoms with E-state index in [0.717, 1.165) is 42.8 Å². The van der Waals surface area contributed by atoms with Gasteiger partial charge >= 0.3 is 0 Å². The Balaban J connectivity index is 1.52. The number of nitrogens with zero attached hydrogens (tertiary/aromatic N) is 3. The van der Waals surface area contributed by atoms with Crippen LogP contribution < -0.4 is 26.4 Å². The molecule has 7 nitrogen and oxygen atoms in total. The minimum Gasteiger partial charge on any atom is -0.492 e. The lowest BCUT2D eigenvalue weighted by Gasteiger charge is -2.46. The molecule has 5 N–H and O–H groups in total. The predicted molar refractivity (Wildman–Crippen MR) is 118 cm³/mol. The van der Waals surface area contributed by atoms with Crippen molar-refractivity contribution in [1.29, 1.82) is 0 Å². The van der Waals surface area contributed by atoms with Crippen molar-refractivity contribution < 1.29 is 4.74 Å². The van der Waals surface area contributed by atoms with Gasteiger partial charge in [0.05, 0.1) is 11.4 Å². The molecule has 2 aliphatic rings. The molecule has 0 bridgehead atoms. The van der Waals surface area contributed by atoms with Crippen LogP contribution in [0.25, 0.3) is 0 Å². The van der Waals surface area contributed by atoms with Crippen molar-refractivity contribution in [2.75, 3.05) is 23.4 Å². The second-order valence-electron chi connectivity index (χ2n) is 7.42. The van der Waals surface area contributed by atoms with Crippen LogP contribution in [0.2, 0.25) is 0 Å². The molecule has 0 radical (unpaired) electrons. The van der Waals surface area contributed by atoms with Crippen molar-refractivity contribution in [2.45, 2.75) is 37.8 Å². The maximum Gasteiger partial charge on any atom is 0.220 e. The average Bonchev–Trinajstić information content (AvgIpc) is 2.73. The molecule has 2 aromatic carbocycles. The van der Waals surface area contributed by atoms with Crippen LogP contribution in [0, 0.1) is 0 Å². The molecule has 29 heavy (non-hydrogen) atoms. The number of rotatable bonds is 6. The van der Waals surface area contributed by atoms with Gasteiger partial charge in [-0.1, -0.05) is 36.8 Å². The Morgan fingerprint density at radius 1 is 0.966 bits per heavy atom. The minimum atomic E-state index is -0.452. The summed E-state index contributed by atoms with van der Waals surface area (Å²) >= 11 is 0. The summed E-state index contributed by atoms with van der Waals surface area (Å²) in [6.45, 7) is 1.22. The van der Waals surface area contributed by atoms with Gasteiger partial charge in [0.15, 0.2) is 0 Å². The van der Waals surface area contributed by atoms with Crippen LogP contribution in [0.5, 0.6) is 5.75 Å². The molecule has 2 aromatic rings. The first-order valence-electron chi connectivity index (χ1n) is 10.2. The first-order chi connectivity index (χ1) is 14.2. The fourth-order valence-electron chi connectivity index (χ4n) is 4.16. The molecule has 1 spiro atoms. The van der Waals surface area contributed by atoms with E-state index in [4.69, 9.17) is 21.2 Å². The van der Waals surface area contributed by atoms with Gasteiger partial charge in [-0.05, 0) is 49.9 Å². The highest BCUT2D eigenvalue weighted by molar-refractivity contribution is 6.07. The molecule has 0 unspecified atom stereocenters. The SMILES string of the molecule is NC1=NC2(CCCCC2)N(c2ccccc2NCCOc2ccccc2)C(N)=N1. The lowest BCUT2D eigenvalue weighted by Crippen LogP contribution is -2.58. The summed E-state index contributed by atoms with van der Waals surface area (Å²) in [5.74, 6) is 1.53. The van der Waals surface area contributed by atoms with Gasteiger partial charge in [-0.3, -0.25) is 4.90 Å². The number of nitrogens with two attached hydrogens (primary N) is 2. The number of benzene rings is 2. The molecule has 1 aliphatic heterocycles. The predicted octanol–water partition coefficient (Wildman–Crippen LogP) is 3.29. The third-order valence-electron chi connectivity index (χ3n) is 5.43. The highest BCUT2D eigenvalue weighted by Gasteiger charge is 2.43. The van der Waals surface area contributed by atoms with E-state index in [1.807, 2.05) is 48.5 Å². The second-order valence-corrected chi connectivity index (χ2v) is 7.42. The summed E-state index contributed by atoms with van der Waals surface area (Å²) in [6.07, 6.45) is 5.23. The van der Waals surface area contributed by atoms with E-state index in [9.17, 15) is 0 Å². The largest absolute Gasteiger partial charge is 0.492 e. The van der Waals surface area contributed by atoms with Crippen molar-refractivity contribution >= 4 is 23.3 Å². The molecule has 0 amide bonds. The number of nitrogens with one attached hydrogen (secondary N) is 1. The number of aliphatic imine (C=N–C) groups is 2. The third kappa shape index (κ3) is 4.13. The highest BCUT2D eigenvalue weighted by atomic mass is 16.5. The van der Waals surface area contributed by atoms with Crippen LogP contribution in [-0.4, -0.2) is 30.7 Å². The van der Waals surface area contributed by atoms with Crippen molar-refractivity contribution in [3.8, 4) is 5.75 Å². The smallest absolute Gasteiger partial charge is 0.220 e. The van der Waals surface area contributed by atoms with E-state index < -0.39 is 5.66 Å². The van der Waals surface area contributed by atoms with Crippen LogP contribution in [-0.2, 0) is 0 Å². The van der Waals surface area contributed by atoms with E-state index in [1.54, 1.807) is 0 Å². The molecule has 0 aromatic heterocycles. The molecule has 1 aliphatic carbocycles. The van der Waals surface area contributed by atoms with Crippen LogP contribution in [0.1, 0.15) is 32.1 Å². The van der Waals surface area contributed by atoms with Gasteiger partial charge in [0.2, 0.25) is 11.9 Å². The van der Waals surface area contributed by atoms with Crippen LogP contribution >= 0.6 is 0 Å². The molecular formula is C22H28N6O. The molecule has 0 saturated heterocycles. The monoisotopic (exact) mass is 392 g/mol. The maximum atomic E-state index is 6.37. The number of anilines is 2. The van der Waals surface area contributed by atoms with E-state index >= 15 is 0 Å². The Labute approximate surface area is 171 Å². The van der Waals surface area contributed by atoms with Gasteiger partial charge in [-0.15, -0.1) is 0 Å². The van der Waals surface area contributed by atoms with E-state index in [2.05, 4.69) is 21.3 Å². The van der Waals surface area contributed by atoms with Crippen molar-refractivity contribution in [2.24, 2.45) is 21.5 Å². The molecule has 4 rings (SSSR count). The van der Waals surface area contributed by atoms with E-state index in [-0.39, 0.29) is 5.96 Å².